The van der Waals surface area contributed by atoms with Crippen molar-refractivity contribution in [1.82, 2.24) is 9.55 Å². The van der Waals surface area contributed by atoms with Crippen molar-refractivity contribution in [3.8, 4) is 5.75 Å². The van der Waals surface area contributed by atoms with E-state index in [4.69, 9.17) is 4.74 Å². The number of hydrogen-bond donors (Lipinski definition) is 1. The first-order valence-corrected chi connectivity index (χ1v) is 7.67. The SMILES string of the molecule is O[C@@H]1CC(c2cncn2C2CC2)Oc2cc(Br)ccc21. The number of imidazole rings is 1. The number of hydrogen-bond acceptors (Lipinski definition) is 3. The Morgan fingerprint density at radius 3 is 3.00 bits per heavy atom. The Kier molecular flexibility index (Phi) is 2.86. The maximum absolute atomic E-state index is 10.3. The zero-order valence-electron chi connectivity index (χ0n) is 10.9. The van der Waals surface area contributed by atoms with Crippen LogP contribution in [-0.4, -0.2) is 14.7 Å². The van der Waals surface area contributed by atoms with Crippen molar-refractivity contribution in [3.05, 3.63) is 46.5 Å². The lowest BCUT2D eigenvalue weighted by atomic mass is 9.97. The van der Waals surface area contributed by atoms with Crippen LogP contribution in [0, 0.1) is 0 Å². The Balaban J connectivity index is 1.69. The lowest BCUT2D eigenvalue weighted by molar-refractivity contribution is 0.0617. The standard InChI is InChI=1S/C15H15BrN2O2/c16-9-1-4-11-13(19)6-15(20-14(11)5-9)12-7-17-8-18(12)10-2-3-10/h1,4-5,7-8,10,13,15,19H,2-3,6H2/t13-,15?/m1/s1. The van der Waals surface area contributed by atoms with Gasteiger partial charge in [-0.25, -0.2) is 4.98 Å². The molecule has 0 bridgehead atoms. The Labute approximate surface area is 125 Å². The first kappa shape index (κ1) is 12.4. The molecule has 1 unspecified atom stereocenters. The summed E-state index contributed by atoms with van der Waals surface area (Å²) in [6, 6.07) is 6.33. The van der Waals surface area contributed by atoms with Gasteiger partial charge in [-0.3, -0.25) is 0 Å². The molecule has 2 heterocycles. The van der Waals surface area contributed by atoms with Crippen molar-refractivity contribution in [1.29, 1.82) is 0 Å². The smallest absolute Gasteiger partial charge is 0.143 e. The van der Waals surface area contributed by atoms with Gasteiger partial charge in [-0.1, -0.05) is 22.0 Å². The number of benzene rings is 1. The van der Waals surface area contributed by atoms with Gasteiger partial charge in [-0.05, 0) is 25.0 Å². The van der Waals surface area contributed by atoms with Crippen LogP contribution in [0.3, 0.4) is 0 Å². The molecule has 0 amide bonds. The summed E-state index contributed by atoms with van der Waals surface area (Å²) in [7, 11) is 0. The van der Waals surface area contributed by atoms with Gasteiger partial charge in [-0.15, -0.1) is 0 Å². The highest BCUT2D eigenvalue weighted by Gasteiger charge is 2.33. The van der Waals surface area contributed by atoms with Crippen LogP contribution in [-0.2, 0) is 0 Å². The highest BCUT2D eigenvalue weighted by molar-refractivity contribution is 9.10. The van der Waals surface area contributed by atoms with Gasteiger partial charge in [0.15, 0.2) is 0 Å². The van der Waals surface area contributed by atoms with E-state index < -0.39 is 6.10 Å². The fourth-order valence-electron chi connectivity index (χ4n) is 2.82. The van der Waals surface area contributed by atoms with Crippen molar-refractivity contribution in [2.75, 3.05) is 0 Å². The summed E-state index contributed by atoms with van der Waals surface area (Å²) in [5.74, 6) is 0.756. The minimum Gasteiger partial charge on any atom is -0.484 e. The Bertz CT molecular complexity index is 651. The Morgan fingerprint density at radius 2 is 2.20 bits per heavy atom. The molecule has 0 saturated heterocycles. The van der Waals surface area contributed by atoms with Crippen molar-refractivity contribution < 1.29 is 9.84 Å². The maximum Gasteiger partial charge on any atom is 0.143 e. The molecule has 1 N–H and O–H groups in total. The number of aromatic nitrogens is 2. The van der Waals surface area contributed by atoms with Crippen molar-refractivity contribution in [3.63, 3.8) is 0 Å². The van der Waals surface area contributed by atoms with Gasteiger partial charge in [-0.2, -0.15) is 0 Å². The first-order chi connectivity index (χ1) is 9.72. The van der Waals surface area contributed by atoms with E-state index >= 15 is 0 Å². The van der Waals surface area contributed by atoms with E-state index in [0.717, 1.165) is 21.5 Å². The Hall–Kier alpha value is -1.33. The molecule has 1 aromatic heterocycles. The number of aliphatic hydroxyl groups excluding tert-OH is 1. The highest BCUT2D eigenvalue weighted by Crippen LogP contribution is 2.44. The summed E-state index contributed by atoms with van der Waals surface area (Å²) in [4.78, 5) is 4.25. The average molecular weight is 335 g/mol. The number of nitrogens with zero attached hydrogens (tertiary/aromatic N) is 2. The third-order valence-electron chi connectivity index (χ3n) is 4.01. The molecule has 2 aromatic rings. The molecule has 1 fully saturated rings. The van der Waals surface area contributed by atoms with Crippen LogP contribution in [0.2, 0.25) is 0 Å². The number of fused-ring (bicyclic) bond motifs is 1. The maximum atomic E-state index is 10.3. The van der Waals surface area contributed by atoms with E-state index in [1.807, 2.05) is 30.7 Å². The molecular formula is C15H15BrN2O2. The van der Waals surface area contributed by atoms with Crippen LogP contribution in [0.15, 0.2) is 35.2 Å². The van der Waals surface area contributed by atoms with E-state index in [2.05, 4.69) is 25.5 Å². The summed E-state index contributed by atoms with van der Waals surface area (Å²) in [5, 5.41) is 10.3. The second-order valence-electron chi connectivity index (χ2n) is 5.50. The zero-order chi connectivity index (χ0) is 13.7. The normalized spacial score (nSPS) is 25.1. The summed E-state index contributed by atoms with van der Waals surface area (Å²) >= 11 is 3.45. The van der Waals surface area contributed by atoms with Gasteiger partial charge in [0.1, 0.15) is 11.9 Å². The summed E-state index contributed by atoms with van der Waals surface area (Å²) in [5.41, 5.74) is 1.93. The van der Waals surface area contributed by atoms with E-state index in [9.17, 15) is 5.11 Å². The summed E-state index contributed by atoms with van der Waals surface area (Å²) < 4.78 is 9.25. The monoisotopic (exact) mass is 334 g/mol. The molecule has 5 heteroatoms. The van der Waals surface area contributed by atoms with Crippen molar-refractivity contribution in [2.24, 2.45) is 0 Å². The second-order valence-corrected chi connectivity index (χ2v) is 6.41. The molecular weight excluding hydrogens is 320 g/mol. The lowest BCUT2D eigenvalue weighted by Crippen LogP contribution is -2.21. The van der Waals surface area contributed by atoms with Gasteiger partial charge in [0.25, 0.3) is 0 Å². The second kappa shape index (κ2) is 4.60. The third-order valence-corrected chi connectivity index (χ3v) is 4.50. The van der Waals surface area contributed by atoms with Crippen molar-refractivity contribution in [2.45, 2.75) is 37.5 Å². The Morgan fingerprint density at radius 1 is 1.35 bits per heavy atom. The minimum absolute atomic E-state index is 0.130. The van der Waals surface area contributed by atoms with Crippen LogP contribution >= 0.6 is 15.9 Å². The fourth-order valence-corrected chi connectivity index (χ4v) is 3.16. The molecule has 0 spiro atoms. The molecule has 0 radical (unpaired) electrons. The zero-order valence-corrected chi connectivity index (χ0v) is 12.5. The third kappa shape index (κ3) is 2.05. The number of ether oxygens (including phenoxy) is 1. The average Bonchev–Trinajstić information content (AvgIpc) is 3.15. The molecule has 1 aromatic carbocycles. The molecule has 1 saturated carbocycles. The van der Waals surface area contributed by atoms with E-state index in [1.54, 1.807) is 0 Å². The van der Waals surface area contributed by atoms with E-state index in [-0.39, 0.29) is 6.10 Å². The first-order valence-electron chi connectivity index (χ1n) is 6.88. The predicted molar refractivity (Wildman–Crippen MR) is 77.6 cm³/mol. The van der Waals surface area contributed by atoms with Crippen molar-refractivity contribution >= 4 is 15.9 Å². The molecule has 2 atom stereocenters. The van der Waals surface area contributed by atoms with Gasteiger partial charge in [0, 0.05) is 22.5 Å². The molecule has 20 heavy (non-hydrogen) atoms. The minimum atomic E-state index is -0.487. The van der Waals surface area contributed by atoms with Gasteiger partial charge >= 0.3 is 0 Å². The summed E-state index contributed by atoms with van der Waals surface area (Å²) in [6.07, 6.45) is 6.11. The van der Waals surface area contributed by atoms with Gasteiger partial charge in [0.05, 0.1) is 24.3 Å². The van der Waals surface area contributed by atoms with Crippen LogP contribution in [0.1, 0.15) is 48.8 Å². The number of rotatable bonds is 2. The number of aliphatic hydroxyl groups is 1. The predicted octanol–water partition coefficient (Wildman–Crippen LogP) is 3.54. The van der Waals surface area contributed by atoms with Gasteiger partial charge in [0.2, 0.25) is 0 Å². The molecule has 2 aliphatic rings. The summed E-state index contributed by atoms with van der Waals surface area (Å²) in [6.45, 7) is 0. The molecule has 1 aliphatic heterocycles. The quantitative estimate of drug-likeness (QED) is 0.913. The van der Waals surface area contributed by atoms with Crippen LogP contribution in [0.4, 0.5) is 0 Å². The topological polar surface area (TPSA) is 47.3 Å². The molecule has 4 nitrogen and oxygen atoms in total. The lowest BCUT2D eigenvalue weighted by Gasteiger charge is -2.30. The van der Waals surface area contributed by atoms with Gasteiger partial charge < -0.3 is 14.4 Å². The molecule has 1 aliphatic carbocycles. The molecule has 104 valence electrons. The van der Waals surface area contributed by atoms with E-state index in [0.29, 0.717) is 12.5 Å². The van der Waals surface area contributed by atoms with Crippen LogP contribution in [0.5, 0.6) is 5.75 Å². The number of halogens is 1. The van der Waals surface area contributed by atoms with Crippen LogP contribution in [0.25, 0.3) is 0 Å². The largest absolute Gasteiger partial charge is 0.484 e. The fraction of sp³-hybridized carbons (Fsp3) is 0.400. The van der Waals surface area contributed by atoms with Crippen LogP contribution < -0.4 is 4.74 Å². The molecule has 4 rings (SSSR count). The van der Waals surface area contributed by atoms with E-state index in [1.165, 1.54) is 12.8 Å². The highest BCUT2D eigenvalue weighted by atomic mass is 79.9.